The van der Waals surface area contributed by atoms with Crippen molar-refractivity contribution in [3.8, 4) is 0 Å². The van der Waals surface area contributed by atoms with Crippen LogP contribution in [-0.2, 0) is 14.8 Å². The van der Waals surface area contributed by atoms with E-state index in [-0.39, 0.29) is 17.1 Å². The maximum atomic E-state index is 13.0. The van der Waals surface area contributed by atoms with Gasteiger partial charge in [0.25, 0.3) is 5.69 Å². The zero-order chi connectivity index (χ0) is 23.3. The molecule has 1 heterocycles. The van der Waals surface area contributed by atoms with Gasteiger partial charge in [-0.1, -0.05) is 30.5 Å². The molecule has 0 atom stereocenters. The molecular formula is C21H25ClN4O5S. The molecule has 11 heteroatoms. The van der Waals surface area contributed by atoms with Gasteiger partial charge in [-0.05, 0) is 49.6 Å². The molecule has 1 amide bonds. The zero-order valence-electron chi connectivity index (χ0n) is 17.6. The summed E-state index contributed by atoms with van der Waals surface area (Å²) in [4.78, 5) is 23.1. The van der Waals surface area contributed by atoms with Crippen LogP contribution in [0, 0.1) is 17.0 Å². The van der Waals surface area contributed by atoms with Crippen molar-refractivity contribution in [2.75, 3.05) is 30.3 Å². The molecule has 0 aromatic heterocycles. The summed E-state index contributed by atoms with van der Waals surface area (Å²) < 4.78 is 27.3. The molecular weight excluding hydrogens is 456 g/mol. The fourth-order valence-electron chi connectivity index (χ4n) is 3.52. The van der Waals surface area contributed by atoms with Crippen molar-refractivity contribution >= 4 is 44.6 Å². The number of halogens is 1. The molecule has 0 unspecified atom stereocenters. The largest absolute Gasteiger partial charge is 0.371 e. The van der Waals surface area contributed by atoms with Crippen LogP contribution in [-0.4, -0.2) is 43.2 Å². The van der Waals surface area contributed by atoms with Crippen LogP contribution in [0.4, 0.5) is 17.1 Å². The molecule has 32 heavy (non-hydrogen) atoms. The Morgan fingerprint density at radius 2 is 1.81 bits per heavy atom. The third kappa shape index (κ3) is 5.56. The summed E-state index contributed by atoms with van der Waals surface area (Å²) in [5, 5.41) is 17.5. The van der Waals surface area contributed by atoms with E-state index in [0.29, 0.717) is 29.4 Å². The van der Waals surface area contributed by atoms with Crippen LogP contribution in [0.15, 0.2) is 41.3 Å². The van der Waals surface area contributed by atoms with Crippen molar-refractivity contribution in [2.45, 2.75) is 37.5 Å². The summed E-state index contributed by atoms with van der Waals surface area (Å²) in [5.74, 6) is -0.425. The number of amides is 1. The fraction of sp³-hybridized carbons (Fsp3) is 0.381. The highest BCUT2D eigenvalue weighted by atomic mass is 35.5. The van der Waals surface area contributed by atoms with Crippen molar-refractivity contribution in [1.82, 2.24) is 4.31 Å². The van der Waals surface area contributed by atoms with Gasteiger partial charge in [-0.2, -0.15) is 4.31 Å². The van der Waals surface area contributed by atoms with Crippen LogP contribution in [0.25, 0.3) is 0 Å². The van der Waals surface area contributed by atoms with Gasteiger partial charge in [0.15, 0.2) is 0 Å². The Bertz CT molecular complexity index is 1120. The second-order valence-corrected chi connectivity index (χ2v) is 9.91. The van der Waals surface area contributed by atoms with E-state index in [0.717, 1.165) is 31.7 Å². The van der Waals surface area contributed by atoms with Gasteiger partial charge in [-0.25, -0.2) is 8.42 Å². The molecule has 9 nitrogen and oxygen atoms in total. The monoisotopic (exact) mass is 480 g/mol. The Balaban J connectivity index is 1.75. The van der Waals surface area contributed by atoms with Crippen LogP contribution in [0.1, 0.15) is 31.2 Å². The van der Waals surface area contributed by atoms with Crippen molar-refractivity contribution in [2.24, 2.45) is 0 Å². The quantitative estimate of drug-likeness (QED) is 0.453. The van der Waals surface area contributed by atoms with E-state index < -0.39 is 26.5 Å². The molecule has 3 rings (SSSR count). The summed E-state index contributed by atoms with van der Waals surface area (Å²) in [5.41, 5.74) is 0.893. The number of carbonyl (C=O) groups excluding carboxylic acids is 1. The highest BCUT2D eigenvalue weighted by Crippen LogP contribution is 2.30. The third-order valence-electron chi connectivity index (χ3n) is 5.35. The number of nitro benzene ring substituents is 1. The number of sulfonamides is 1. The molecule has 0 radical (unpaired) electrons. The molecule has 0 saturated carbocycles. The fourth-order valence-corrected chi connectivity index (χ4v) is 5.23. The van der Waals surface area contributed by atoms with Gasteiger partial charge in [0, 0.05) is 29.9 Å². The summed E-state index contributed by atoms with van der Waals surface area (Å²) >= 11 is 6.05. The van der Waals surface area contributed by atoms with E-state index in [1.54, 1.807) is 25.1 Å². The minimum atomic E-state index is -3.83. The van der Waals surface area contributed by atoms with Crippen molar-refractivity contribution in [3.63, 3.8) is 0 Å². The lowest BCUT2D eigenvalue weighted by molar-refractivity contribution is -0.384. The van der Waals surface area contributed by atoms with Crippen molar-refractivity contribution < 1.29 is 18.1 Å². The summed E-state index contributed by atoms with van der Waals surface area (Å²) in [6.07, 6.45) is 3.46. The molecule has 1 saturated heterocycles. The second-order valence-electron chi connectivity index (χ2n) is 7.57. The normalized spacial score (nSPS) is 15.1. The molecule has 2 aromatic rings. The van der Waals surface area contributed by atoms with E-state index in [2.05, 4.69) is 10.6 Å². The first kappa shape index (κ1) is 24.0. The summed E-state index contributed by atoms with van der Waals surface area (Å²) in [6.45, 7) is 2.32. The molecule has 0 aliphatic carbocycles. The molecule has 1 fully saturated rings. The van der Waals surface area contributed by atoms with Crippen molar-refractivity contribution in [3.05, 3.63) is 57.1 Å². The highest BCUT2D eigenvalue weighted by Gasteiger charge is 2.28. The lowest BCUT2D eigenvalue weighted by Crippen LogP contribution is -2.32. The number of rotatable bonds is 7. The third-order valence-corrected chi connectivity index (χ3v) is 7.65. The van der Waals surface area contributed by atoms with Crippen LogP contribution >= 0.6 is 11.6 Å². The van der Waals surface area contributed by atoms with E-state index in [1.807, 2.05) is 0 Å². The Kier molecular flexibility index (Phi) is 7.70. The molecule has 1 aliphatic heterocycles. The van der Waals surface area contributed by atoms with Crippen LogP contribution in [0.2, 0.25) is 5.02 Å². The Morgan fingerprint density at radius 1 is 1.12 bits per heavy atom. The molecule has 1 aliphatic rings. The predicted molar refractivity (Wildman–Crippen MR) is 124 cm³/mol. The van der Waals surface area contributed by atoms with Crippen LogP contribution in [0.5, 0.6) is 0 Å². The lowest BCUT2D eigenvalue weighted by Gasteiger charge is -2.20. The van der Waals surface area contributed by atoms with Gasteiger partial charge < -0.3 is 10.6 Å². The van der Waals surface area contributed by atoms with Crippen LogP contribution < -0.4 is 10.6 Å². The number of hydrogen-bond donors (Lipinski definition) is 2. The van der Waals surface area contributed by atoms with Gasteiger partial charge >= 0.3 is 0 Å². The van der Waals surface area contributed by atoms with E-state index in [1.165, 1.54) is 16.4 Å². The highest BCUT2D eigenvalue weighted by molar-refractivity contribution is 7.89. The van der Waals surface area contributed by atoms with Crippen LogP contribution in [0.3, 0.4) is 0 Å². The van der Waals surface area contributed by atoms with Gasteiger partial charge in [-0.15, -0.1) is 0 Å². The maximum Gasteiger partial charge on any atom is 0.293 e. The Morgan fingerprint density at radius 3 is 2.47 bits per heavy atom. The standard InChI is InChI=1S/C21H25ClN4O5S/c1-15-17(22)7-6-8-18(15)24-21(27)14-23-19-10-9-16(13-20(19)26(28)29)32(30,31)25-11-4-2-3-5-12-25/h6-10,13,23H,2-5,11-12,14H2,1H3,(H,24,27). The first-order valence-corrected chi connectivity index (χ1v) is 12.1. The first-order chi connectivity index (χ1) is 15.2. The first-order valence-electron chi connectivity index (χ1n) is 10.3. The lowest BCUT2D eigenvalue weighted by atomic mass is 10.2. The molecule has 172 valence electrons. The Hall–Kier alpha value is -2.69. The van der Waals surface area contributed by atoms with Gasteiger partial charge in [0.05, 0.1) is 16.4 Å². The number of nitrogens with one attached hydrogen (secondary N) is 2. The number of hydrogen-bond acceptors (Lipinski definition) is 6. The van der Waals surface area contributed by atoms with Crippen molar-refractivity contribution in [1.29, 1.82) is 0 Å². The second kappa shape index (κ2) is 10.3. The van der Waals surface area contributed by atoms with E-state index in [4.69, 9.17) is 11.6 Å². The topological polar surface area (TPSA) is 122 Å². The number of nitrogens with zero attached hydrogens (tertiary/aromatic N) is 2. The predicted octanol–water partition coefficient (Wildman–Crippen LogP) is 4.17. The molecule has 0 bridgehead atoms. The van der Waals surface area contributed by atoms with E-state index in [9.17, 15) is 23.3 Å². The van der Waals surface area contributed by atoms with Gasteiger partial charge in [-0.3, -0.25) is 14.9 Å². The SMILES string of the molecule is Cc1c(Cl)cccc1NC(=O)CNc1ccc(S(=O)(=O)N2CCCCCC2)cc1[N+](=O)[O-]. The number of benzene rings is 2. The smallest absolute Gasteiger partial charge is 0.293 e. The molecule has 0 spiro atoms. The molecule has 2 N–H and O–H groups in total. The number of anilines is 2. The average molecular weight is 481 g/mol. The summed E-state index contributed by atoms with van der Waals surface area (Å²) in [7, 11) is -3.83. The Labute approximate surface area is 192 Å². The summed E-state index contributed by atoms with van der Waals surface area (Å²) in [6, 6.07) is 8.79. The van der Waals surface area contributed by atoms with Gasteiger partial charge in [0.1, 0.15) is 5.69 Å². The number of carbonyl (C=O) groups is 1. The van der Waals surface area contributed by atoms with Gasteiger partial charge in [0.2, 0.25) is 15.9 Å². The minimum Gasteiger partial charge on any atom is -0.371 e. The zero-order valence-corrected chi connectivity index (χ0v) is 19.2. The maximum absolute atomic E-state index is 13.0. The average Bonchev–Trinajstić information content (AvgIpc) is 3.05. The van der Waals surface area contributed by atoms with E-state index >= 15 is 0 Å². The minimum absolute atomic E-state index is 0.0581. The molecule has 2 aromatic carbocycles. The number of nitro groups is 1.